The molecule has 2 amide bonds. The molecular formula is C23H34Cl2N4O4S. The second-order valence-corrected chi connectivity index (χ2v) is 11.3. The fraction of sp³-hybridized carbons (Fsp3) is 0.565. The van der Waals surface area contributed by atoms with E-state index >= 15 is 0 Å². The molecule has 11 heteroatoms. The maximum atomic E-state index is 13.5. The van der Waals surface area contributed by atoms with Gasteiger partial charge < -0.3 is 9.80 Å². The number of piperazine rings is 1. The van der Waals surface area contributed by atoms with Crippen LogP contribution in [-0.2, 0) is 21.4 Å². The average molecular weight is 534 g/mol. The number of likely N-dealkylation sites (N-methyl/N-ethyl adjacent to an activating group) is 1. The molecule has 0 N–H and O–H groups in total. The molecule has 0 aliphatic carbocycles. The van der Waals surface area contributed by atoms with Crippen LogP contribution < -0.4 is 0 Å². The fourth-order valence-corrected chi connectivity index (χ4v) is 6.03. The molecule has 0 saturated carbocycles. The Morgan fingerprint density at radius 2 is 1.76 bits per heavy atom. The third kappa shape index (κ3) is 5.44. The molecule has 1 aromatic rings. The lowest BCUT2D eigenvalue weighted by molar-refractivity contribution is -0.128. The summed E-state index contributed by atoms with van der Waals surface area (Å²) < 4.78 is 25.5. The number of carbonyl (C=O) groups excluding carboxylic acids is 2. The van der Waals surface area contributed by atoms with Crippen molar-refractivity contribution in [3.63, 3.8) is 0 Å². The molecule has 4 rings (SSSR count). The molecule has 0 spiro atoms. The largest absolute Gasteiger partial charge is 0.325 e. The van der Waals surface area contributed by atoms with Gasteiger partial charge in [-0.1, -0.05) is 26.0 Å². The Hall–Kier alpha value is -1.65. The van der Waals surface area contributed by atoms with Crippen LogP contribution >= 0.6 is 24.8 Å². The maximum absolute atomic E-state index is 13.5. The molecule has 3 aliphatic heterocycles. The number of nitrogens with zero attached hydrogens (tertiary/aromatic N) is 4. The summed E-state index contributed by atoms with van der Waals surface area (Å²) in [5.41, 5.74) is 2.06. The first kappa shape index (κ1) is 28.6. The Balaban J connectivity index is 0.00000204. The van der Waals surface area contributed by atoms with E-state index in [0.717, 1.165) is 48.8 Å². The van der Waals surface area contributed by atoms with Crippen LogP contribution in [0.2, 0.25) is 0 Å². The van der Waals surface area contributed by atoms with E-state index in [2.05, 4.69) is 16.8 Å². The quantitative estimate of drug-likeness (QED) is 0.577. The molecule has 8 nitrogen and oxygen atoms in total. The zero-order valence-corrected chi connectivity index (χ0v) is 22.5. The van der Waals surface area contributed by atoms with Crippen LogP contribution in [0.1, 0.15) is 29.8 Å². The lowest BCUT2D eigenvalue weighted by Gasteiger charge is -2.32. The number of hydrogen-bond donors (Lipinski definition) is 0. The second kappa shape index (κ2) is 11.0. The summed E-state index contributed by atoms with van der Waals surface area (Å²) in [6.07, 6.45) is 2.75. The molecule has 0 aromatic heterocycles. The minimum atomic E-state index is -3.74. The van der Waals surface area contributed by atoms with Crippen molar-refractivity contribution < 1.29 is 18.0 Å². The first-order valence-corrected chi connectivity index (χ1v) is 13.0. The average Bonchev–Trinajstić information content (AvgIpc) is 3.25. The molecular weight excluding hydrogens is 499 g/mol. The number of rotatable bonds is 5. The van der Waals surface area contributed by atoms with Gasteiger partial charge in [-0.2, -0.15) is 0 Å². The number of hydrogen-bond acceptors (Lipinski definition) is 6. The summed E-state index contributed by atoms with van der Waals surface area (Å²) in [6, 6.07) is 7.10. The zero-order valence-electron chi connectivity index (χ0n) is 20.0. The highest BCUT2D eigenvalue weighted by atomic mass is 35.5. The van der Waals surface area contributed by atoms with Gasteiger partial charge in [-0.25, -0.2) is 12.7 Å². The van der Waals surface area contributed by atoms with Crippen molar-refractivity contribution in [2.24, 2.45) is 11.8 Å². The number of fused-ring (bicyclic) bond motifs is 1. The van der Waals surface area contributed by atoms with Crippen molar-refractivity contribution >= 4 is 46.7 Å². The lowest BCUT2D eigenvalue weighted by Crippen LogP contribution is -2.44. The first-order valence-electron chi connectivity index (χ1n) is 11.1. The van der Waals surface area contributed by atoms with Gasteiger partial charge in [0.05, 0.1) is 23.9 Å². The van der Waals surface area contributed by atoms with Crippen LogP contribution in [0, 0.1) is 11.8 Å². The number of carbonyl (C=O) groups is 2. The molecule has 2 atom stereocenters. The van der Waals surface area contributed by atoms with Crippen LogP contribution in [0.4, 0.5) is 0 Å². The minimum absolute atomic E-state index is 0. The summed E-state index contributed by atoms with van der Waals surface area (Å²) in [4.78, 5) is 32.8. The first-order chi connectivity index (χ1) is 15.1. The standard InChI is InChI=1S/C23H32N4O4S.2ClH/c1-16(2)20-21-19(27(23(20)29)32(4,30)31)8-9-26(21)22(28)18-7-5-6-17(14-18)15-25-12-10-24(3)11-13-25;;/h5-8,14,16,20-21H,9-13,15H2,1-4H3;2*1H/t20-,21+;;/m1../s1. The fourth-order valence-electron chi connectivity index (χ4n) is 5.01. The highest BCUT2D eigenvalue weighted by molar-refractivity contribution is 7.89. The Bertz CT molecular complexity index is 1050. The molecule has 190 valence electrons. The lowest BCUT2D eigenvalue weighted by atomic mass is 9.89. The van der Waals surface area contributed by atoms with Crippen molar-refractivity contribution in [3.8, 4) is 0 Å². The van der Waals surface area contributed by atoms with E-state index in [0.29, 0.717) is 17.8 Å². The van der Waals surface area contributed by atoms with Crippen LogP contribution in [0.3, 0.4) is 0 Å². The zero-order chi connectivity index (χ0) is 23.2. The number of halogens is 2. The van der Waals surface area contributed by atoms with E-state index in [1.54, 1.807) is 17.0 Å². The number of benzene rings is 1. The van der Waals surface area contributed by atoms with Crippen LogP contribution in [0.15, 0.2) is 36.0 Å². The Morgan fingerprint density at radius 1 is 1.12 bits per heavy atom. The van der Waals surface area contributed by atoms with Gasteiger partial charge in [0.25, 0.3) is 5.91 Å². The molecule has 0 bridgehead atoms. The van der Waals surface area contributed by atoms with Crippen LogP contribution in [0.25, 0.3) is 0 Å². The maximum Gasteiger partial charge on any atom is 0.254 e. The molecule has 2 saturated heterocycles. The van der Waals surface area contributed by atoms with E-state index < -0.39 is 27.9 Å². The highest BCUT2D eigenvalue weighted by Gasteiger charge is 2.54. The summed E-state index contributed by atoms with van der Waals surface area (Å²) in [7, 11) is -1.62. The molecule has 0 radical (unpaired) electrons. The van der Waals surface area contributed by atoms with Gasteiger partial charge in [-0.05, 0) is 36.7 Å². The highest BCUT2D eigenvalue weighted by Crippen LogP contribution is 2.41. The predicted octanol–water partition coefficient (Wildman–Crippen LogP) is 2.06. The predicted molar refractivity (Wildman–Crippen MR) is 137 cm³/mol. The SMILES string of the molecule is CC(C)[C@H]1C(=O)N(S(C)(=O)=O)C2=CCN(C(=O)c3cccc(CN4CCN(C)CC4)c3)[C@@H]21.Cl.Cl. The van der Waals surface area contributed by atoms with E-state index in [9.17, 15) is 18.0 Å². The van der Waals surface area contributed by atoms with E-state index in [-0.39, 0.29) is 36.6 Å². The van der Waals surface area contributed by atoms with Crippen LogP contribution in [-0.4, -0.2) is 91.3 Å². The van der Waals surface area contributed by atoms with E-state index in [1.807, 2.05) is 32.0 Å². The number of sulfonamides is 1. The van der Waals surface area contributed by atoms with Crippen molar-refractivity contribution in [3.05, 3.63) is 47.2 Å². The van der Waals surface area contributed by atoms with Crippen molar-refractivity contribution in [2.75, 3.05) is 46.0 Å². The van der Waals surface area contributed by atoms with Crippen molar-refractivity contribution in [1.29, 1.82) is 0 Å². The van der Waals surface area contributed by atoms with E-state index in [1.165, 1.54) is 0 Å². The summed E-state index contributed by atoms with van der Waals surface area (Å²) >= 11 is 0. The Morgan fingerprint density at radius 3 is 2.35 bits per heavy atom. The topological polar surface area (TPSA) is 81.2 Å². The summed E-state index contributed by atoms with van der Waals surface area (Å²) in [5.74, 6) is -1.29. The molecule has 1 aromatic carbocycles. The smallest absolute Gasteiger partial charge is 0.254 e. The molecule has 0 unspecified atom stereocenters. The van der Waals surface area contributed by atoms with Crippen molar-refractivity contribution in [1.82, 2.24) is 19.0 Å². The second-order valence-electron chi connectivity index (χ2n) is 9.45. The molecule has 3 aliphatic rings. The molecule has 3 heterocycles. The van der Waals surface area contributed by atoms with Gasteiger partial charge in [-0.3, -0.25) is 14.5 Å². The van der Waals surface area contributed by atoms with Gasteiger partial charge in [0.2, 0.25) is 15.9 Å². The third-order valence-electron chi connectivity index (χ3n) is 6.68. The molecule has 34 heavy (non-hydrogen) atoms. The van der Waals surface area contributed by atoms with Gasteiger partial charge in [-0.15, -0.1) is 24.8 Å². The molecule has 2 fully saturated rings. The van der Waals surface area contributed by atoms with Crippen LogP contribution in [0.5, 0.6) is 0 Å². The number of amides is 2. The normalized spacial score (nSPS) is 23.4. The monoisotopic (exact) mass is 532 g/mol. The Labute approximate surface area is 214 Å². The minimum Gasteiger partial charge on any atom is -0.325 e. The summed E-state index contributed by atoms with van der Waals surface area (Å²) in [6.45, 7) is 8.92. The van der Waals surface area contributed by atoms with Gasteiger partial charge in [0, 0.05) is 44.8 Å². The van der Waals surface area contributed by atoms with Gasteiger partial charge in [0.1, 0.15) is 0 Å². The van der Waals surface area contributed by atoms with E-state index in [4.69, 9.17) is 0 Å². The van der Waals surface area contributed by atoms with Gasteiger partial charge in [0.15, 0.2) is 0 Å². The summed E-state index contributed by atoms with van der Waals surface area (Å²) in [5, 5.41) is 0. The Kier molecular flexibility index (Phi) is 9.21. The van der Waals surface area contributed by atoms with Gasteiger partial charge >= 0.3 is 0 Å². The van der Waals surface area contributed by atoms with Crippen molar-refractivity contribution in [2.45, 2.75) is 26.4 Å². The third-order valence-corrected chi connectivity index (χ3v) is 7.74.